The first-order valence-corrected chi connectivity index (χ1v) is 5.53. The smallest absolute Gasteiger partial charge is 0.333 e. The van der Waals surface area contributed by atoms with Crippen LogP contribution in [0.2, 0.25) is 0 Å². The molecule has 0 aliphatic heterocycles. The Bertz CT molecular complexity index is 279. The highest BCUT2D eigenvalue weighted by atomic mass is 16.5. The lowest BCUT2D eigenvalue weighted by Gasteiger charge is -2.25. The molecule has 5 N–H and O–H groups in total. The minimum Gasteiger partial charge on any atom is -0.463 e. The third-order valence-corrected chi connectivity index (χ3v) is 2.35. The first-order valence-electron chi connectivity index (χ1n) is 5.53. The number of hydrogen-bond acceptors (Lipinski definition) is 7. The van der Waals surface area contributed by atoms with E-state index in [9.17, 15) is 20.1 Å². The Hall–Kier alpha value is -0.990. The molecular weight excluding hydrogens is 244 g/mol. The van der Waals surface area contributed by atoms with E-state index in [0.29, 0.717) is 0 Å². The van der Waals surface area contributed by atoms with Crippen LogP contribution in [0.5, 0.6) is 0 Å². The van der Waals surface area contributed by atoms with Crippen molar-refractivity contribution in [2.45, 2.75) is 37.8 Å². The SMILES string of the molecule is C=C(C[C@@H](O)[C@H](O)[C@H](O)[C@H](O)CO)C(=O)OCC. The van der Waals surface area contributed by atoms with E-state index in [1.54, 1.807) is 6.92 Å². The van der Waals surface area contributed by atoms with Gasteiger partial charge in [-0.05, 0) is 6.92 Å². The van der Waals surface area contributed by atoms with Gasteiger partial charge in [0.2, 0.25) is 0 Å². The van der Waals surface area contributed by atoms with Gasteiger partial charge in [-0.2, -0.15) is 0 Å². The molecule has 106 valence electrons. The number of ether oxygens (including phenoxy) is 1. The molecule has 0 radical (unpaired) electrons. The molecule has 4 atom stereocenters. The molecule has 7 heteroatoms. The summed E-state index contributed by atoms with van der Waals surface area (Å²) in [5, 5.41) is 46.0. The lowest BCUT2D eigenvalue weighted by atomic mass is 9.98. The molecule has 0 fully saturated rings. The molecule has 0 aromatic heterocycles. The first kappa shape index (κ1) is 17.0. The summed E-state index contributed by atoms with van der Waals surface area (Å²) in [7, 11) is 0. The zero-order chi connectivity index (χ0) is 14.3. The van der Waals surface area contributed by atoms with Gasteiger partial charge in [-0.25, -0.2) is 4.79 Å². The second kappa shape index (κ2) is 8.17. The summed E-state index contributed by atoms with van der Waals surface area (Å²) in [6.45, 7) is 4.38. The van der Waals surface area contributed by atoms with Crippen molar-refractivity contribution in [3.05, 3.63) is 12.2 Å². The van der Waals surface area contributed by atoms with Gasteiger partial charge in [-0.1, -0.05) is 6.58 Å². The standard InChI is InChI=1S/C11H20O7/c1-3-18-11(17)6(2)4-7(13)9(15)10(16)8(14)5-12/h7-10,12-16H,2-5H2,1H3/t7-,8-,9+,10-/m1/s1. The molecule has 7 nitrogen and oxygen atoms in total. The van der Waals surface area contributed by atoms with Gasteiger partial charge in [0, 0.05) is 12.0 Å². The Balaban J connectivity index is 4.35. The Morgan fingerprint density at radius 3 is 2.11 bits per heavy atom. The minimum atomic E-state index is -1.72. The van der Waals surface area contributed by atoms with E-state index in [2.05, 4.69) is 11.3 Å². The molecule has 0 unspecified atom stereocenters. The maximum atomic E-state index is 11.2. The first-order chi connectivity index (χ1) is 8.34. The van der Waals surface area contributed by atoms with Crippen molar-refractivity contribution in [1.82, 2.24) is 0 Å². The summed E-state index contributed by atoms with van der Waals surface area (Å²) >= 11 is 0. The highest BCUT2D eigenvalue weighted by Gasteiger charge is 2.31. The quantitative estimate of drug-likeness (QED) is 0.252. The maximum absolute atomic E-state index is 11.2. The van der Waals surface area contributed by atoms with E-state index in [0.717, 1.165) is 0 Å². The third kappa shape index (κ3) is 5.11. The summed E-state index contributed by atoms with van der Waals surface area (Å²) in [5.74, 6) is -0.707. The topological polar surface area (TPSA) is 127 Å². The van der Waals surface area contributed by atoms with Gasteiger partial charge in [0.25, 0.3) is 0 Å². The molecule has 0 rings (SSSR count). The lowest BCUT2D eigenvalue weighted by Crippen LogP contribution is -2.46. The molecular formula is C11H20O7. The van der Waals surface area contributed by atoms with Crippen molar-refractivity contribution in [3.8, 4) is 0 Å². The van der Waals surface area contributed by atoms with Crippen molar-refractivity contribution in [2.24, 2.45) is 0 Å². The van der Waals surface area contributed by atoms with Crippen molar-refractivity contribution in [1.29, 1.82) is 0 Å². The van der Waals surface area contributed by atoms with Gasteiger partial charge in [0.1, 0.15) is 18.3 Å². The number of rotatable bonds is 8. The van der Waals surface area contributed by atoms with Crippen LogP contribution < -0.4 is 0 Å². The van der Waals surface area contributed by atoms with Crippen LogP contribution in [0.25, 0.3) is 0 Å². The van der Waals surface area contributed by atoms with Crippen molar-refractivity contribution in [3.63, 3.8) is 0 Å². The number of aliphatic hydroxyl groups is 5. The molecule has 0 spiro atoms. The second-order valence-electron chi connectivity index (χ2n) is 3.83. The zero-order valence-corrected chi connectivity index (χ0v) is 10.2. The van der Waals surface area contributed by atoms with E-state index in [4.69, 9.17) is 10.2 Å². The van der Waals surface area contributed by atoms with E-state index in [-0.39, 0.29) is 18.6 Å². The zero-order valence-electron chi connectivity index (χ0n) is 10.2. The van der Waals surface area contributed by atoms with Gasteiger partial charge >= 0.3 is 5.97 Å². The molecule has 0 aromatic rings. The number of aliphatic hydroxyl groups excluding tert-OH is 5. The summed E-state index contributed by atoms with van der Waals surface area (Å²) in [6, 6.07) is 0. The molecule has 0 bridgehead atoms. The van der Waals surface area contributed by atoms with Gasteiger partial charge in [-0.15, -0.1) is 0 Å². The van der Waals surface area contributed by atoms with Crippen LogP contribution in [0.15, 0.2) is 12.2 Å². The number of carbonyl (C=O) groups excluding carboxylic acids is 1. The van der Waals surface area contributed by atoms with E-state index in [1.165, 1.54) is 0 Å². The molecule has 18 heavy (non-hydrogen) atoms. The normalized spacial score (nSPS) is 17.7. The van der Waals surface area contributed by atoms with Crippen LogP contribution >= 0.6 is 0 Å². The second-order valence-corrected chi connectivity index (χ2v) is 3.83. The fourth-order valence-corrected chi connectivity index (χ4v) is 1.25. The van der Waals surface area contributed by atoms with Crippen molar-refractivity contribution >= 4 is 5.97 Å². The van der Waals surface area contributed by atoms with Crippen molar-refractivity contribution < 1.29 is 35.1 Å². The summed E-state index contributed by atoms with van der Waals surface area (Å²) in [5.41, 5.74) is -0.0610. The molecule has 0 aromatic carbocycles. The van der Waals surface area contributed by atoms with Crippen molar-refractivity contribution in [2.75, 3.05) is 13.2 Å². The van der Waals surface area contributed by atoms with Gasteiger partial charge in [-0.3, -0.25) is 0 Å². The number of hydrogen-bond donors (Lipinski definition) is 5. The fraction of sp³-hybridized carbons (Fsp3) is 0.727. The van der Waals surface area contributed by atoms with E-state index < -0.39 is 37.0 Å². The van der Waals surface area contributed by atoms with Gasteiger partial charge in [0.05, 0.1) is 19.3 Å². The molecule has 0 heterocycles. The summed E-state index contributed by atoms with van der Waals surface area (Å²) in [4.78, 5) is 11.2. The Kier molecular flexibility index (Phi) is 7.72. The average molecular weight is 264 g/mol. The van der Waals surface area contributed by atoms with Crippen LogP contribution in [0.4, 0.5) is 0 Å². The van der Waals surface area contributed by atoms with Crippen LogP contribution in [0, 0.1) is 0 Å². The largest absolute Gasteiger partial charge is 0.463 e. The average Bonchev–Trinajstić information content (AvgIpc) is 2.35. The van der Waals surface area contributed by atoms with Crippen LogP contribution in [-0.2, 0) is 9.53 Å². The molecule has 0 amide bonds. The predicted octanol–water partition coefficient (Wildman–Crippen LogP) is -2.07. The Morgan fingerprint density at radius 1 is 1.17 bits per heavy atom. The monoisotopic (exact) mass is 264 g/mol. The summed E-state index contributed by atoms with van der Waals surface area (Å²) < 4.78 is 4.63. The highest BCUT2D eigenvalue weighted by molar-refractivity contribution is 5.87. The number of carbonyl (C=O) groups is 1. The van der Waals surface area contributed by atoms with Crippen LogP contribution in [0.3, 0.4) is 0 Å². The van der Waals surface area contributed by atoms with E-state index >= 15 is 0 Å². The predicted molar refractivity (Wildman–Crippen MR) is 61.5 cm³/mol. The maximum Gasteiger partial charge on any atom is 0.333 e. The van der Waals surface area contributed by atoms with Gasteiger partial charge < -0.3 is 30.3 Å². The Labute approximate surface area is 105 Å². The molecule has 0 aliphatic carbocycles. The lowest BCUT2D eigenvalue weighted by molar-refractivity contribution is -0.140. The van der Waals surface area contributed by atoms with E-state index in [1.807, 2.05) is 0 Å². The molecule has 0 saturated heterocycles. The minimum absolute atomic E-state index is 0.0610. The summed E-state index contributed by atoms with van der Waals surface area (Å²) in [6.07, 6.45) is -6.82. The molecule has 0 aliphatic rings. The fourth-order valence-electron chi connectivity index (χ4n) is 1.25. The highest BCUT2D eigenvalue weighted by Crippen LogP contribution is 2.13. The third-order valence-electron chi connectivity index (χ3n) is 2.35. The van der Waals surface area contributed by atoms with Gasteiger partial charge in [0.15, 0.2) is 0 Å². The van der Waals surface area contributed by atoms with Crippen LogP contribution in [0.1, 0.15) is 13.3 Å². The Morgan fingerprint density at radius 2 is 1.67 bits per heavy atom. The van der Waals surface area contributed by atoms with Crippen LogP contribution in [-0.4, -0.2) is 69.1 Å². The number of esters is 1. The molecule has 0 saturated carbocycles.